The Kier molecular flexibility index (Phi) is 4.39. The lowest BCUT2D eigenvalue weighted by molar-refractivity contribution is -0.157. The molecule has 146 valence electrons. The molecule has 2 amide bonds. The van der Waals surface area contributed by atoms with Gasteiger partial charge in [0, 0.05) is 27.9 Å². The lowest BCUT2D eigenvalue weighted by Crippen LogP contribution is -2.60. The van der Waals surface area contributed by atoms with Crippen LogP contribution in [0.4, 0.5) is 0 Å². The molecule has 3 aromatic rings. The first-order valence-corrected chi connectivity index (χ1v) is 10.7. The quantitative estimate of drug-likeness (QED) is 0.539. The van der Waals surface area contributed by atoms with E-state index in [4.69, 9.17) is 0 Å². The third-order valence-corrected chi connectivity index (χ3v) is 6.35. The highest BCUT2D eigenvalue weighted by atomic mass is 32.2. The van der Waals surface area contributed by atoms with Gasteiger partial charge in [0.1, 0.15) is 12.6 Å². The van der Waals surface area contributed by atoms with Crippen LogP contribution >= 0.6 is 11.8 Å². The average Bonchev–Trinajstić information content (AvgIpc) is 3.12. The van der Waals surface area contributed by atoms with E-state index < -0.39 is 6.04 Å². The van der Waals surface area contributed by atoms with Gasteiger partial charge in [0.25, 0.3) is 5.91 Å². The van der Waals surface area contributed by atoms with Crippen molar-refractivity contribution in [2.75, 3.05) is 12.8 Å². The van der Waals surface area contributed by atoms with Gasteiger partial charge in [0.2, 0.25) is 5.91 Å². The van der Waals surface area contributed by atoms with Gasteiger partial charge in [-0.2, -0.15) is 5.10 Å². The van der Waals surface area contributed by atoms with Crippen molar-refractivity contribution in [1.82, 2.24) is 14.9 Å². The van der Waals surface area contributed by atoms with E-state index in [2.05, 4.69) is 16.2 Å². The Hall–Kier alpha value is -3.06. The van der Waals surface area contributed by atoms with Gasteiger partial charge in [-0.3, -0.25) is 9.59 Å². The Balaban J connectivity index is 1.41. The number of hydrazone groups is 1. The maximum Gasteiger partial charge on any atom is 0.266 e. The van der Waals surface area contributed by atoms with Crippen molar-refractivity contribution in [3.8, 4) is 0 Å². The van der Waals surface area contributed by atoms with Crippen LogP contribution in [0.5, 0.6) is 0 Å². The van der Waals surface area contributed by atoms with E-state index in [0.29, 0.717) is 13.0 Å². The molecule has 3 heterocycles. The molecule has 0 unspecified atom stereocenters. The van der Waals surface area contributed by atoms with Crippen LogP contribution in [-0.4, -0.2) is 51.8 Å². The summed E-state index contributed by atoms with van der Waals surface area (Å²) in [5.41, 5.74) is 4.09. The number of H-pyrrole nitrogens is 1. The smallest absolute Gasteiger partial charge is 0.266 e. The van der Waals surface area contributed by atoms with Crippen LogP contribution in [0, 0.1) is 0 Å². The first-order valence-electron chi connectivity index (χ1n) is 9.51. The van der Waals surface area contributed by atoms with Crippen LogP contribution in [0.3, 0.4) is 0 Å². The minimum absolute atomic E-state index is 0.0235. The summed E-state index contributed by atoms with van der Waals surface area (Å²) in [5, 5.41) is 6.77. The standard InChI is InChI=1S/C22H20N4O2S/c1-29-15-8-6-14(7-9-15)11-23-26-13-21(27)25-12-19-17(10-20(25)22(26)28)16-4-2-3-5-18(16)24-19/h2-9,11,20,24H,10,12-13H2,1H3/t20-/m0/s1. The molecule has 1 fully saturated rings. The molecule has 2 aliphatic heterocycles. The number of piperazine rings is 1. The predicted molar refractivity (Wildman–Crippen MR) is 114 cm³/mol. The molecule has 0 saturated carbocycles. The van der Waals surface area contributed by atoms with E-state index in [1.807, 2.05) is 48.7 Å². The molecule has 1 saturated heterocycles. The summed E-state index contributed by atoms with van der Waals surface area (Å²) < 4.78 is 0. The van der Waals surface area contributed by atoms with Gasteiger partial charge in [-0.25, -0.2) is 5.01 Å². The molecule has 6 nitrogen and oxygen atoms in total. The molecular weight excluding hydrogens is 384 g/mol. The number of nitrogens with zero attached hydrogens (tertiary/aromatic N) is 3. The molecule has 0 aliphatic carbocycles. The number of benzene rings is 2. The zero-order chi connectivity index (χ0) is 20.0. The first-order chi connectivity index (χ1) is 14.1. The van der Waals surface area contributed by atoms with E-state index in [-0.39, 0.29) is 18.4 Å². The third-order valence-electron chi connectivity index (χ3n) is 5.61. The Labute approximate surface area is 172 Å². The molecule has 2 aromatic carbocycles. The Bertz CT molecular complexity index is 1140. The number of carbonyl (C=O) groups excluding carboxylic acids is 2. The van der Waals surface area contributed by atoms with E-state index in [1.54, 1.807) is 22.9 Å². The van der Waals surface area contributed by atoms with Crippen molar-refractivity contribution in [1.29, 1.82) is 0 Å². The summed E-state index contributed by atoms with van der Waals surface area (Å²) in [6.45, 7) is 0.414. The third kappa shape index (κ3) is 3.11. The number of rotatable bonds is 3. The van der Waals surface area contributed by atoms with E-state index in [0.717, 1.165) is 27.7 Å². The van der Waals surface area contributed by atoms with Crippen LogP contribution in [-0.2, 0) is 22.6 Å². The van der Waals surface area contributed by atoms with Crippen LogP contribution in [0.1, 0.15) is 16.8 Å². The summed E-state index contributed by atoms with van der Waals surface area (Å²) in [6.07, 6.45) is 4.18. The number of aromatic nitrogens is 1. The number of amides is 2. The Morgan fingerprint density at radius 1 is 1.10 bits per heavy atom. The van der Waals surface area contributed by atoms with Gasteiger partial charge in [-0.1, -0.05) is 30.3 Å². The lowest BCUT2D eigenvalue weighted by atomic mass is 9.94. The molecule has 7 heteroatoms. The summed E-state index contributed by atoms with van der Waals surface area (Å²) in [4.78, 5) is 32.1. The SMILES string of the molecule is CSc1ccc(C=NN2CC(=O)N3Cc4[nH]c5ccccc5c4C[C@H]3C2=O)cc1. The fourth-order valence-corrected chi connectivity index (χ4v) is 4.49. The number of fused-ring (bicyclic) bond motifs is 4. The maximum atomic E-state index is 13.1. The summed E-state index contributed by atoms with van der Waals surface area (Å²) in [5.74, 6) is -0.202. The number of carbonyl (C=O) groups is 2. The van der Waals surface area contributed by atoms with Crippen molar-refractivity contribution in [2.45, 2.75) is 23.9 Å². The largest absolute Gasteiger partial charge is 0.357 e. The van der Waals surface area contributed by atoms with Gasteiger partial charge in [-0.15, -0.1) is 11.8 Å². The molecule has 0 spiro atoms. The summed E-state index contributed by atoms with van der Waals surface area (Å²) in [6, 6.07) is 15.5. The highest BCUT2D eigenvalue weighted by molar-refractivity contribution is 7.98. The molecule has 0 radical (unpaired) electrons. The second-order valence-corrected chi connectivity index (χ2v) is 8.16. The summed E-state index contributed by atoms with van der Waals surface area (Å²) in [7, 11) is 0. The Morgan fingerprint density at radius 2 is 1.90 bits per heavy atom. The van der Waals surface area contributed by atoms with Crippen molar-refractivity contribution < 1.29 is 9.59 Å². The molecule has 2 aliphatic rings. The van der Waals surface area contributed by atoms with E-state index in [9.17, 15) is 9.59 Å². The van der Waals surface area contributed by atoms with Crippen LogP contribution in [0.2, 0.25) is 0 Å². The second kappa shape index (κ2) is 7.08. The lowest BCUT2D eigenvalue weighted by Gasteiger charge is -2.40. The summed E-state index contributed by atoms with van der Waals surface area (Å²) >= 11 is 1.67. The number of thioether (sulfide) groups is 1. The van der Waals surface area contributed by atoms with Gasteiger partial charge < -0.3 is 9.88 Å². The maximum absolute atomic E-state index is 13.1. The van der Waals surface area contributed by atoms with Crippen molar-refractivity contribution >= 4 is 40.7 Å². The van der Waals surface area contributed by atoms with Gasteiger partial charge >= 0.3 is 0 Å². The van der Waals surface area contributed by atoms with Crippen LogP contribution in [0.25, 0.3) is 10.9 Å². The topological polar surface area (TPSA) is 68.8 Å². The van der Waals surface area contributed by atoms with Gasteiger partial charge in [-0.05, 0) is 35.6 Å². The zero-order valence-electron chi connectivity index (χ0n) is 16.0. The number of hydrogen-bond donors (Lipinski definition) is 1. The molecular formula is C22H20N4O2S. The van der Waals surface area contributed by atoms with Crippen molar-refractivity contribution in [3.05, 3.63) is 65.4 Å². The normalized spacial score (nSPS) is 19.1. The number of nitrogens with one attached hydrogen (secondary N) is 1. The minimum Gasteiger partial charge on any atom is -0.357 e. The molecule has 1 aromatic heterocycles. The number of para-hydroxylation sites is 1. The molecule has 0 bridgehead atoms. The van der Waals surface area contributed by atoms with Gasteiger partial charge in [0.05, 0.1) is 12.8 Å². The Morgan fingerprint density at radius 3 is 2.69 bits per heavy atom. The highest BCUT2D eigenvalue weighted by Crippen LogP contribution is 2.32. The zero-order valence-corrected chi connectivity index (χ0v) is 16.8. The van der Waals surface area contributed by atoms with Crippen LogP contribution < -0.4 is 0 Å². The van der Waals surface area contributed by atoms with E-state index >= 15 is 0 Å². The van der Waals surface area contributed by atoms with Crippen LogP contribution in [0.15, 0.2) is 58.5 Å². The van der Waals surface area contributed by atoms with Crippen molar-refractivity contribution in [3.63, 3.8) is 0 Å². The number of hydrogen-bond acceptors (Lipinski definition) is 4. The second-order valence-electron chi connectivity index (χ2n) is 7.28. The van der Waals surface area contributed by atoms with Crippen molar-refractivity contribution in [2.24, 2.45) is 5.10 Å². The minimum atomic E-state index is -0.501. The fourth-order valence-electron chi connectivity index (χ4n) is 4.08. The fraction of sp³-hybridized carbons (Fsp3) is 0.227. The average molecular weight is 404 g/mol. The monoisotopic (exact) mass is 404 g/mol. The number of aromatic amines is 1. The van der Waals surface area contributed by atoms with Gasteiger partial charge in [0.15, 0.2) is 0 Å². The molecule has 29 heavy (non-hydrogen) atoms. The highest BCUT2D eigenvalue weighted by Gasteiger charge is 2.43. The first kappa shape index (κ1) is 18.0. The molecule has 1 atom stereocenters. The molecule has 5 rings (SSSR count). The molecule has 1 N–H and O–H groups in total. The predicted octanol–water partition coefficient (Wildman–Crippen LogP) is 3.02. The van der Waals surface area contributed by atoms with E-state index in [1.165, 1.54) is 9.90 Å².